The first kappa shape index (κ1) is 24.6. The van der Waals surface area contributed by atoms with Crippen LogP contribution in [0.3, 0.4) is 0 Å². The number of amides is 1. The van der Waals surface area contributed by atoms with Crippen LogP contribution in [0.1, 0.15) is 15.9 Å². The fraction of sp³-hybridized carbons (Fsp3) is 0.259. The second-order valence-electron chi connectivity index (χ2n) is 8.91. The van der Waals surface area contributed by atoms with Gasteiger partial charge in [-0.15, -0.1) is 0 Å². The number of nitrogens with zero attached hydrogens (tertiary/aromatic N) is 5. The van der Waals surface area contributed by atoms with Gasteiger partial charge < -0.3 is 14.5 Å². The highest BCUT2D eigenvalue weighted by Crippen LogP contribution is 2.38. The quantitative estimate of drug-likeness (QED) is 0.396. The SMILES string of the molecule is COc1ncc(-c2ccc3ncnc(-c4cccc(C(=O)N5CCN(C)CC5)c4)c3c2)cc1C(F)(F)F. The maximum Gasteiger partial charge on any atom is 0.421 e. The first-order valence-corrected chi connectivity index (χ1v) is 11.7. The number of halogens is 3. The Morgan fingerprint density at radius 3 is 2.43 bits per heavy atom. The topological polar surface area (TPSA) is 71.4 Å². The number of likely N-dealkylation sites (N-methyl/N-ethyl adjacent to an activating group) is 1. The van der Waals surface area contributed by atoms with E-state index >= 15 is 0 Å². The Kier molecular flexibility index (Phi) is 6.51. The molecule has 10 heteroatoms. The molecule has 0 saturated carbocycles. The number of pyridine rings is 1. The van der Waals surface area contributed by atoms with E-state index in [1.165, 1.54) is 12.5 Å². The van der Waals surface area contributed by atoms with Gasteiger partial charge in [-0.3, -0.25) is 4.79 Å². The molecule has 0 aliphatic carbocycles. The maximum atomic E-state index is 13.6. The molecule has 0 atom stereocenters. The number of hydrogen-bond donors (Lipinski definition) is 0. The minimum atomic E-state index is -4.61. The minimum absolute atomic E-state index is 0.0435. The van der Waals surface area contributed by atoms with Crippen molar-refractivity contribution in [2.24, 2.45) is 0 Å². The molecular weight excluding hydrogens is 483 g/mol. The lowest BCUT2D eigenvalue weighted by Gasteiger charge is -2.32. The highest BCUT2D eigenvalue weighted by Gasteiger charge is 2.35. The molecule has 0 radical (unpaired) electrons. The third-order valence-electron chi connectivity index (χ3n) is 6.49. The number of piperazine rings is 1. The first-order valence-electron chi connectivity index (χ1n) is 11.7. The van der Waals surface area contributed by atoms with Crippen LogP contribution in [0, 0.1) is 0 Å². The van der Waals surface area contributed by atoms with Gasteiger partial charge in [0.25, 0.3) is 5.91 Å². The van der Waals surface area contributed by atoms with E-state index in [1.807, 2.05) is 18.0 Å². The summed E-state index contributed by atoms with van der Waals surface area (Å²) in [5.41, 5.74) is 2.33. The summed E-state index contributed by atoms with van der Waals surface area (Å²) in [5.74, 6) is -0.527. The summed E-state index contributed by atoms with van der Waals surface area (Å²) in [5, 5.41) is 0.647. The normalized spacial score (nSPS) is 14.7. The zero-order valence-corrected chi connectivity index (χ0v) is 20.3. The van der Waals surface area contributed by atoms with Crippen LogP contribution in [-0.4, -0.2) is 71.0 Å². The molecule has 0 spiro atoms. The Balaban J connectivity index is 1.54. The standard InChI is InChI=1S/C27H24F3N5O2/c1-34-8-10-35(11-9-34)26(36)19-5-3-4-18(12-19)24-21-13-17(6-7-23(21)32-16-33-24)20-14-22(27(28,29)30)25(37-2)31-15-20/h3-7,12-16H,8-11H2,1-2H3. The van der Waals surface area contributed by atoms with Gasteiger partial charge in [0, 0.05) is 54.5 Å². The Labute approximate surface area is 211 Å². The van der Waals surface area contributed by atoms with E-state index in [0.29, 0.717) is 46.4 Å². The molecule has 2 aromatic carbocycles. The maximum absolute atomic E-state index is 13.6. The number of alkyl halides is 3. The molecule has 3 heterocycles. The number of fused-ring (bicyclic) bond motifs is 1. The van der Waals surface area contributed by atoms with Gasteiger partial charge >= 0.3 is 6.18 Å². The molecule has 0 N–H and O–H groups in total. The average Bonchev–Trinajstić information content (AvgIpc) is 2.91. The van der Waals surface area contributed by atoms with E-state index in [9.17, 15) is 18.0 Å². The molecule has 0 bridgehead atoms. The number of hydrogen-bond acceptors (Lipinski definition) is 6. The van der Waals surface area contributed by atoms with Crippen LogP contribution in [0.4, 0.5) is 13.2 Å². The molecule has 37 heavy (non-hydrogen) atoms. The Bertz CT molecular complexity index is 1470. The van der Waals surface area contributed by atoms with E-state index in [1.54, 1.807) is 36.4 Å². The zero-order chi connectivity index (χ0) is 26.2. The van der Waals surface area contributed by atoms with Gasteiger partial charge in [-0.1, -0.05) is 18.2 Å². The average molecular weight is 508 g/mol. The predicted molar refractivity (Wildman–Crippen MR) is 133 cm³/mol. The number of carbonyl (C=O) groups is 1. The van der Waals surface area contributed by atoms with Crippen LogP contribution in [0.15, 0.2) is 61.1 Å². The molecule has 1 amide bonds. The van der Waals surface area contributed by atoms with Crippen LogP contribution < -0.4 is 4.74 Å². The largest absolute Gasteiger partial charge is 0.481 e. The molecule has 0 unspecified atom stereocenters. The van der Waals surface area contributed by atoms with E-state index < -0.39 is 17.6 Å². The lowest BCUT2D eigenvalue weighted by molar-refractivity contribution is -0.139. The molecule has 1 fully saturated rings. The van der Waals surface area contributed by atoms with E-state index in [0.717, 1.165) is 26.3 Å². The van der Waals surface area contributed by atoms with Crippen molar-refractivity contribution in [3.05, 3.63) is 72.2 Å². The van der Waals surface area contributed by atoms with Gasteiger partial charge in [0.2, 0.25) is 5.88 Å². The van der Waals surface area contributed by atoms with E-state index in [2.05, 4.69) is 19.9 Å². The van der Waals surface area contributed by atoms with Crippen molar-refractivity contribution < 1.29 is 22.7 Å². The molecular formula is C27H24F3N5O2. The summed E-state index contributed by atoms with van der Waals surface area (Å²) >= 11 is 0. The Morgan fingerprint density at radius 2 is 1.70 bits per heavy atom. The van der Waals surface area contributed by atoms with Crippen molar-refractivity contribution in [1.29, 1.82) is 0 Å². The predicted octanol–water partition coefficient (Wildman–Crippen LogP) is 4.77. The molecule has 1 aliphatic rings. The number of rotatable bonds is 4. The number of aromatic nitrogens is 3. The zero-order valence-electron chi connectivity index (χ0n) is 20.3. The van der Waals surface area contributed by atoms with Crippen LogP contribution in [0.25, 0.3) is 33.3 Å². The summed E-state index contributed by atoms with van der Waals surface area (Å²) < 4.78 is 45.5. The number of carbonyl (C=O) groups excluding carboxylic acids is 1. The third kappa shape index (κ3) is 4.97. The van der Waals surface area contributed by atoms with Crippen LogP contribution in [-0.2, 0) is 6.18 Å². The van der Waals surface area contributed by atoms with Crippen molar-refractivity contribution in [2.75, 3.05) is 40.3 Å². The van der Waals surface area contributed by atoms with Crippen molar-refractivity contribution >= 4 is 16.8 Å². The molecule has 7 nitrogen and oxygen atoms in total. The highest BCUT2D eigenvalue weighted by molar-refractivity contribution is 5.98. The van der Waals surface area contributed by atoms with Gasteiger partial charge in [0.1, 0.15) is 11.9 Å². The summed E-state index contributed by atoms with van der Waals surface area (Å²) in [6.45, 7) is 2.96. The van der Waals surface area contributed by atoms with Gasteiger partial charge in [0.05, 0.1) is 18.3 Å². The van der Waals surface area contributed by atoms with E-state index in [-0.39, 0.29) is 11.5 Å². The summed E-state index contributed by atoms with van der Waals surface area (Å²) in [6.07, 6.45) is -1.84. The highest BCUT2D eigenvalue weighted by atomic mass is 19.4. The van der Waals surface area contributed by atoms with Crippen molar-refractivity contribution in [1.82, 2.24) is 24.8 Å². The van der Waals surface area contributed by atoms with E-state index in [4.69, 9.17) is 4.74 Å². The summed E-state index contributed by atoms with van der Waals surface area (Å²) in [7, 11) is 3.18. The van der Waals surface area contributed by atoms with Crippen molar-refractivity contribution in [3.8, 4) is 28.3 Å². The van der Waals surface area contributed by atoms with Gasteiger partial charge in [0.15, 0.2) is 0 Å². The smallest absolute Gasteiger partial charge is 0.421 e. The molecule has 5 rings (SSSR count). The second-order valence-corrected chi connectivity index (χ2v) is 8.91. The number of benzene rings is 2. The number of methoxy groups -OCH3 is 1. The summed E-state index contributed by atoms with van der Waals surface area (Å²) in [4.78, 5) is 29.8. The lowest BCUT2D eigenvalue weighted by atomic mass is 9.99. The lowest BCUT2D eigenvalue weighted by Crippen LogP contribution is -2.47. The molecule has 4 aromatic rings. The van der Waals surface area contributed by atoms with Crippen molar-refractivity contribution in [2.45, 2.75) is 6.18 Å². The third-order valence-corrected chi connectivity index (χ3v) is 6.49. The monoisotopic (exact) mass is 507 g/mol. The molecule has 2 aromatic heterocycles. The second kappa shape index (κ2) is 9.78. The summed E-state index contributed by atoms with van der Waals surface area (Å²) in [6, 6.07) is 13.4. The van der Waals surface area contributed by atoms with Gasteiger partial charge in [-0.2, -0.15) is 13.2 Å². The Hall–Kier alpha value is -4.05. The molecule has 190 valence electrons. The molecule has 1 aliphatic heterocycles. The fourth-order valence-electron chi connectivity index (χ4n) is 4.43. The first-order chi connectivity index (χ1) is 17.7. The van der Waals surface area contributed by atoms with Gasteiger partial charge in [-0.05, 0) is 42.9 Å². The minimum Gasteiger partial charge on any atom is -0.481 e. The van der Waals surface area contributed by atoms with Crippen LogP contribution in [0.2, 0.25) is 0 Å². The fourth-order valence-corrected chi connectivity index (χ4v) is 4.43. The number of ether oxygens (including phenoxy) is 1. The Morgan fingerprint density at radius 1 is 0.919 bits per heavy atom. The van der Waals surface area contributed by atoms with Crippen LogP contribution in [0.5, 0.6) is 5.88 Å². The van der Waals surface area contributed by atoms with Crippen LogP contribution >= 0.6 is 0 Å². The van der Waals surface area contributed by atoms with Crippen molar-refractivity contribution in [3.63, 3.8) is 0 Å². The molecule has 1 saturated heterocycles. The van der Waals surface area contributed by atoms with Gasteiger partial charge in [-0.25, -0.2) is 15.0 Å².